The number of hydrogen-bond acceptors (Lipinski definition) is 22. The lowest BCUT2D eigenvalue weighted by Gasteiger charge is -2.29. The van der Waals surface area contributed by atoms with Crippen molar-refractivity contribution in [3.05, 3.63) is 12.2 Å². The maximum atomic E-state index is 11.5. The van der Waals surface area contributed by atoms with E-state index in [1.54, 1.807) is 28.5 Å². The first kappa shape index (κ1) is 52.4. The number of carbonyl (C=O) groups is 7. The number of nitrogens with one attached hydrogen (secondary N) is 1. The summed E-state index contributed by atoms with van der Waals surface area (Å²) in [6, 6.07) is 0. The van der Waals surface area contributed by atoms with E-state index in [-0.39, 0.29) is 70.5 Å². The number of terminal acetylenes is 1. The van der Waals surface area contributed by atoms with Crippen molar-refractivity contribution >= 4 is 85.5 Å². The monoisotopic (exact) mass is 935 g/mol. The van der Waals surface area contributed by atoms with Crippen molar-refractivity contribution in [1.29, 1.82) is 0 Å². The van der Waals surface area contributed by atoms with Gasteiger partial charge in [0.2, 0.25) is 5.91 Å². The zero-order valence-corrected chi connectivity index (χ0v) is 36.9. The van der Waals surface area contributed by atoms with Gasteiger partial charge in [-0.3, -0.25) is 19.3 Å². The maximum Gasteiger partial charge on any atom is 0.508 e. The van der Waals surface area contributed by atoms with E-state index >= 15 is 0 Å². The average Bonchev–Trinajstić information content (AvgIpc) is 4.01. The van der Waals surface area contributed by atoms with Crippen LogP contribution in [0.2, 0.25) is 0 Å². The zero-order valence-electron chi connectivity index (χ0n) is 35.6. The molecule has 24 heteroatoms. The first-order valence-electron chi connectivity index (χ1n) is 19.4. The lowest BCUT2D eigenvalue weighted by atomic mass is 9.95. The molecule has 0 bridgehead atoms. The molecule has 0 aromatic heterocycles. The summed E-state index contributed by atoms with van der Waals surface area (Å²) >= 11 is 0. The largest absolute Gasteiger partial charge is 0.508 e. The predicted octanol–water partition coefficient (Wildman–Crippen LogP) is 3.47. The highest BCUT2D eigenvalue weighted by Gasteiger charge is 2.41. The van der Waals surface area contributed by atoms with Gasteiger partial charge in [-0.25, -0.2) is 19.2 Å². The molecule has 0 radical (unpaired) electrons. The van der Waals surface area contributed by atoms with Crippen LogP contribution in [-0.2, 0) is 57.0 Å². The maximum absolute atomic E-state index is 11.5. The molecule has 3 N–H and O–H groups in total. The van der Waals surface area contributed by atoms with Crippen LogP contribution in [0.5, 0.6) is 0 Å². The molecule has 1 spiro atoms. The van der Waals surface area contributed by atoms with Crippen LogP contribution in [0.3, 0.4) is 0 Å². The number of nitrogens with zero attached hydrogens (tertiary/aromatic N) is 1. The van der Waals surface area contributed by atoms with Crippen molar-refractivity contribution in [2.45, 2.75) is 33.1 Å². The van der Waals surface area contributed by atoms with Crippen molar-refractivity contribution in [2.75, 3.05) is 116 Å². The molecule has 5 aliphatic heterocycles. The predicted molar refractivity (Wildman–Crippen MR) is 224 cm³/mol. The lowest BCUT2D eigenvalue weighted by molar-refractivity contribution is -0.137. The third kappa shape index (κ3) is 25.1. The second-order valence-corrected chi connectivity index (χ2v) is 16.9. The highest BCUT2D eigenvalue weighted by atomic mass is 33.1. The summed E-state index contributed by atoms with van der Waals surface area (Å²) < 4.78 is 55.0. The summed E-state index contributed by atoms with van der Waals surface area (Å²) in [5, 5.41) is 19.5. The van der Waals surface area contributed by atoms with Gasteiger partial charge in [-0.05, 0) is 0 Å². The number of hydrogen-bond donors (Lipinski definition) is 3. The molecule has 0 aromatic rings. The van der Waals surface area contributed by atoms with E-state index in [1.165, 1.54) is 25.7 Å². The number of imide groups is 1. The number of rotatable bonds is 15. The molecule has 20 nitrogen and oxygen atoms in total. The van der Waals surface area contributed by atoms with Gasteiger partial charge in [-0.1, -0.05) is 57.0 Å². The molecule has 0 saturated carbocycles. The molecule has 3 amide bonds. The topological polar surface area (TPSA) is 258 Å². The fourth-order valence-electron chi connectivity index (χ4n) is 4.13. The Kier molecular flexibility index (Phi) is 30.5. The van der Waals surface area contributed by atoms with Crippen molar-refractivity contribution in [3.8, 4) is 12.8 Å². The van der Waals surface area contributed by atoms with Crippen LogP contribution in [0.15, 0.2) is 12.2 Å². The van der Waals surface area contributed by atoms with Crippen molar-refractivity contribution < 1.29 is 89.1 Å². The van der Waals surface area contributed by atoms with Crippen molar-refractivity contribution in [2.24, 2.45) is 10.8 Å². The van der Waals surface area contributed by atoms with Gasteiger partial charge in [-0.15, -0.1) is 12.8 Å². The van der Waals surface area contributed by atoms with Crippen LogP contribution < -0.4 is 5.32 Å². The Morgan fingerprint density at radius 1 is 0.850 bits per heavy atom. The fraction of sp³-hybridized carbons (Fsp3) is 0.694. The highest BCUT2D eigenvalue weighted by molar-refractivity contribution is 8.77. The quantitative estimate of drug-likeness (QED) is 0.0530. The molecule has 0 aromatic carbocycles. The first-order valence-corrected chi connectivity index (χ1v) is 23.1. The molecule has 5 heterocycles. The Balaban J connectivity index is 0.000000817. The zero-order chi connectivity index (χ0) is 46.5. The summed E-state index contributed by atoms with van der Waals surface area (Å²) in [5.41, 5.74) is -0.338. The Morgan fingerprint density at radius 3 is 1.82 bits per heavy atom. The Hall–Kier alpha value is -3.73. The van der Waals surface area contributed by atoms with Crippen LogP contribution in [0, 0.1) is 23.7 Å². The summed E-state index contributed by atoms with van der Waals surface area (Å²) in [6.45, 7) is 5.18. The molecule has 0 aliphatic carbocycles. The smallest absolute Gasteiger partial charge is 0.434 e. The SMILES string of the molecule is COCCOC(=O)OCC1(COC(=O)OCCCO)CSSC1.O=C(CCN1C(=O)C=CC1=O)NCCO.O=C1OCC2(CO1)CSSC2.O=C1OCCCO1.[2H]C#C.[3H]CC. The van der Waals surface area contributed by atoms with Gasteiger partial charge in [0.05, 0.1) is 43.9 Å². The lowest BCUT2D eigenvalue weighted by Crippen LogP contribution is -2.41. The van der Waals surface area contributed by atoms with Crippen LogP contribution in [0.25, 0.3) is 0 Å². The van der Waals surface area contributed by atoms with E-state index < -0.39 is 41.9 Å². The van der Waals surface area contributed by atoms with Gasteiger partial charge < -0.3 is 58.2 Å². The normalized spacial score (nSPS) is 17.8. The van der Waals surface area contributed by atoms with Crippen LogP contribution in [0.4, 0.5) is 19.2 Å². The molecule has 5 rings (SSSR count). The van der Waals surface area contributed by atoms with Gasteiger partial charge in [0.25, 0.3) is 11.8 Å². The number of aliphatic hydroxyl groups is 2. The Labute approximate surface area is 368 Å². The molecule has 4 saturated heterocycles. The minimum atomic E-state index is -0.789. The average molecular weight is 936 g/mol. The molecular weight excluding hydrogens is 877 g/mol. The van der Waals surface area contributed by atoms with E-state index in [4.69, 9.17) is 46.1 Å². The van der Waals surface area contributed by atoms with Crippen LogP contribution >= 0.6 is 43.2 Å². The highest BCUT2D eigenvalue weighted by Crippen LogP contribution is 2.45. The van der Waals surface area contributed by atoms with E-state index in [1.807, 2.05) is 21.6 Å². The van der Waals surface area contributed by atoms with Gasteiger partial charge in [-0.2, -0.15) is 0 Å². The Morgan fingerprint density at radius 2 is 1.35 bits per heavy atom. The van der Waals surface area contributed by atoms with Gasteiger partial charge in [0, 0.05) is 82.6 Å². The van der Waals surface area contributed by atoms with Crippen LogP contribution in [-0.4, -0.2) is 173 Å². The Bertz CT molecular complexity index is 1350. The molecule has 60 heavy (non-hydrogen) atoms. The standard InChI is InChI=1S/C13H22O8S2.C9H12N2O4.C6H8O3S2.C4H6O3.C2H6.C2H2/c1-17-5-6-19-12(16)21-8-13(9-22-23-10-13)7-20-11(15)18-4-2-3-14;12-6-4-10-7(13)3-5-11-8(14)1-2-9(11)15;7-5-8-1-6(2-9-5)3-10-11-4-6;5-4-6-2-1-3-7-4;2*1-2/h14H,2-10H2,1H3;1-2,12H,3-6H2,(H,10,13);1-4H2;1-3H2;1-2H3;1-2H/i;;;;1T;1D. The number of amides is 3. The third-order valence-electron chi connectivity index (χ3n) is 7.27. The number of methoxy groups -OCH3 is 1. The van der Waals surface area contributed by atoms with E-state index in [2.05, 4.69) is 21.2 Å². The van der Waals surface area contributed by atoms with Gasteiger partial charge in [0.1, 0.15) is 34.4 Å². The minimum Gasteiger partial charge on any atom is -0.434 e. The van der Waals surface area contributed by atoms with Crippen molar-refractivity contribution in [1.82, 2.24) is 10.2 Å². The van der Waals surface area contributed by atoms with Crippen LogP contribution in [0.1, 0.15) is 35.8 Å². The molecular formula is C36H56N2O18S4. The first-order chi connectivity index (χ1) is 29.8. The second-order valence-electron chi connectivity index (χ2n) is 12.0. The number of carbonyl (C=O) groups excluding carboxylic acids is 7. The third-order valence-corrected chi connectivity index (χ3v) is 12.9. The number of cyclic esters (lactones) is 4. The summed E-state index contributed by atoms with van der Waals surface area (Å²) in [6.07, 6.45) is 6.75. The van der Waals surface area contributed by atoms with E-state index in [9.17, 15) is 33.6 Å². The molecule has 5 aliphatic rings. The number of aliphatic hydroxyl groups excluding tert-OH is 2. The van der Waals surface area contributed by atoms with E-state index in [0.717, 1.165) is 22.8 Å². The molecule has 0 atom stereocenters. The number of ether oxygens (including phenoxy) is 9. The van der Waals surface area contributed by atoms with Gasteiger partial charge in [0.15, 0.2) is 0 Å². The second kappa shape index (κ2) is 34.9. The summed E-state index contributed by atoms with van der Waals surface area (Å²) in [4.78, 5) is 77.7. The van der Waals surface area contributed by atoms with Gasteiger partial charge >= 0.3 is 24.6 Å². The molecule has 342 valence electrons. The molecule has 4 fully saturated rings. The molecule has 0 unspecified atom stereocenters. The fourth-order valence-corrected chi connectivity index (χ4v) is 10.8. The summed E-state index contributed by atoms with van der Waals surface area (Å²) in [7, 11) is 8.41. The minimum absolute atomic E-state index is 0.0521. The van der Waals surface area contributed by atoms with Crippen molar-refractivity contribution in [3.63, 3.8) is 0 Å². The van der Waals surface area contributed by atoms with E-state index in [0.29, 0.717) is 57.9 Å². The summed E-state index contributed by atoms with van der Waals surface area (Å²) in [5.74, 6) is 2.36.